The highest BCUT2D eigenvalue weighted by atomic mass is 32.1. The van der Waals surface area contributed by atoms with E-state index in [1.807, 2.05) is 13.1 Å². The number of nitrogens with zero attached hydrogens (tertiary/aromatic N) is 1. The zero-order valence-electron chi connectivity index (χ0n) is 11.1. The van der Waals surface area contributed by atoms with Gasteiger partial charge in [0.1, 0.15) is 0 Å². The van der Waals surface area contributed by atoms with Gasteiger partial charge in [-0.1, -0.05) is 26.8 Å². The molecule has 0 aliphatic heterocycles. The molecule has 1 heterocycles. The average Bonchev–Trinajstić information content (AvgIpc) is 2.74. The topological polar surface area (TPSA) is 32.3 Å². The highest BCUT2D eigenvalue weighted by Gasteiger charge is 2.14. The van der Waals surface area contributed by atoms with E-state index < -0.39 is 0 Å². The molecule has 0 saturated heterocycles. The normalized spacial score (nSPS) is 11.3. The molecule has 0 bridgehead atoms. The number of hydrogen-bond donors (Lipinski definition) is 1. The van der Waals surface area contributed by atoms with Crippen LogP contribution in [-0.4, -0.2) is 31.1 Å². The van der Waals surface area contributed by atoms with Crippen LogP contribution in [0.4, 0.5) is 4.79 Å². The molecule has 0 aliphatic rings. The van der Waals surface area contributed by atoms with Crippen LogP contribution >= 0.6 is 11.3 Å². The molecule has 0 saturated carbocycles. The first-order valence-corrected chi connectivity index (χ1v) is 6.78. The maximum Gasteiger partial charge on any atom is 0.317 e. The monoisotopic (exact) mass is 254 g/mol. The number of rotatable bonds is 4. The van der Waals surface area contributed by atoms with Crippen LogP contribution < -0.4 is 5.32 Å². The largest absolute Gasteiger partial charge is 0.337 e. The van der Waals surface area contributed by atoms with Crippen molar-refractivity contribution in [3.63, 3.8) is 0 Å². The SMILES string of the molecule is CN(CCc1cccs1)C(=O)NCC(C)(C)C. The predicted octanol–water partition coefficient (Wildman–Crippen LogP) is 2.98. The van der Waals surface area contributed by atoms with Crippen molar-refractivity contribution in [2.24, 2.45) is 5.41 Å². The number of carbonyl (C=O) groups is 1. The minimum Gasteiger partial charge on any atom is -0.337 e. The smallest absolute Gasteiger partial charge is 0.317 e. The van der Waals surface area contributed by atoms with E-state index in [4.69, 9.17) is 0 Å². The van der Waals surface area contributed by atoms with Gasteiger partial charge in [0.05, 0.1) is 0 Å². The van der Waals surface area contributed by atoms with Crippen molar-refractivity contribution in [2.45, 2.75) is 27.2 Å². The second-order valence-electron chi connectivity index (χ2n) is 5.47. The Morgan fingerprint density at radius 2 is 2.18 bits per heavy atom. The first-order valence-electron chi connectivity index (χ1n) is 5.90. The lowest BCUT2D eigenvalue weighted by Gasteiger charge is -2.22. The molecule has 0 atom stereocenters. The number of carbonyl (C=O) groups excluding carboxylic acids is 1. The summed E-state index contributed by atoms with van der Waals surface area (Å²) in [6.45, 7) is 7.79. The van der Waals surface area contributed by atoms with Crippen LogP contribution in [0.1, 0.15) is 25.6 Å². The Bertz CT molecular complexity index is 341. The molecule has 0 unspecified atom stereocenters. The van der Waals surface area contributed by atoms with Gasteiger partial charge in [-0.2, -0.15) is 0 Å². The fraction of sp³-hybridized carbons (Fsp3) is 0.615. The summed E-state index contributed by atoms with van der Waals surface area (Å²) in [5.41, 5.74) is 0.129. The van der Waals surface area contributed by atoms with Gasteiger partial charge in [-0.25, -0.2) is 4.79 Å². The van der Waals surface area contributed by atoms with Crippen LogP contribution in [0.2, 0.25) is 0 Å². The number of nitrogens with one attached hydrogen (secondary N) is 1. The first kappa shape index (κ1) is 14.0. The summed E-state index contributed by atoms with van der Waals surface area (Å²) >= 11 is 1.74. The van der Waals surface area contributed by atoms with Gasteiger partial charge in [-0.15, -0.1) is 11.3 Å². The summed E-state index contributed by atoms with van der Waals surface area (Å²) in [4.78, 5) is 14.8. The Labute approximate surface area is 108 Å². The molecule has 4 heteroatoms. The minimum atomic E-state index is 0.0106. The van der Waals surface area contributed by atoms with Gasteiger partial charge in [0.25, 0.3) is 0 Å². The van der Waals surface area contributed by atoms with Crippen molar-refractivity contribution in [3.8, 4) is 0 Å². The molecule has 1 aromatic heterocycles. The highest BCUT2D eigenvalue weighted by Crippen LogP contribution is 2.11. The van der Waals surface area contributed by atoms with E-state index in [1.165, 1.54) is 4.88 Å². The Morgan fingerprint density at radius 1 is 1.47 bits per heavy atom. The van der Waals surface area contributed by atoms with Crippen molar-refractivity contribution in [3.05, 3.63) is 22.4 Å². The number of urea groups is 1. The van der Waals surface area contributed by atoms with Crippen LogP contribution in [0.15, 0.2) is 17.5 Å². The van der Waals surface area contributed by atoms with Gasteiger partial charge in [-0.3, -0.25) is 0 Å². The summed E-state index contributed by atoms with van der Waals surface area (Å²) < 4.78 is 0. The third kappa shape index (κ3) is 5.73. The minimum absolute atomic E-state index is 0.0106. The lowest BCUT2D eigenvalue weighted by atomic mass is 9.97. The van der Waals surface area contributed by atoms with Gasteiger partial charge >= 0.3 is 6.03 Å². The quantitative estimate of drug-likeness (QED) is 0.880. The fourth-order valence-corrected chi connectivity index (χ4v) is 2.01. The molecule has 0 aliphatic carbocycles. The molecule has 17 heavy (non-hydrogen) atoms. The molecule has 96 valence electrons. The molecule has 2 amide bonds. The van der Waals surface area contributed by atoms with Crippen LogP contribution in [-0.2, 0) is 6.42 Å². The lowest BCUT2D eigenvalue weighted by molar-refractivity contribution is 0.204. The van der Waals surface area contributed by atoms with E-state index >= 15 is 0 Å². The molecular formula is C13H22N2OS. The molecule has 0 radical (unpaired) electrons. The second kappa shape index (κ2) is 6.05. The first-order chi connectivity index (χ1) is 7.88. The van der Waals surface area contributed by atoms with E-state index in [1.54, 1.807) is 16.2 Å². The lowest BCUT2D eigenvalue weighted by Crippen LogP contribution is -2.41. The third-order valence-electron chi connectivity index (χ3n) is 2.39. The number of hydrogen-bond acceptors (Lipinski definition) is 2. The maximum atomic E-state index is 11.8. The summed E-state index contributed by atoms with van der Waals surface area (Å²) in [7, 11) is 1.84. The average molecular weight is 254 g/mol. The number of amides is 2. The van der Waals surface area contributed by atoms with Gasteiger partial charge in [0.2, 0.25) is 0 Å². The Kier molecular flexibility index (Phi) is 5.00. The zero-order chi connectivity index (χ0) is 12.9. The van der Waals surface area contributed by atoms with E-state index in [9.17, 15) is 4.79 Å². The fourth-order valence-electron chi connectivity index (χ4n) is 1.31. The summed E-state index contributed by atoms with van der Waals surface area (Å²) in [5, 5.41) is 5.01. The van der Waals surface area contributed by atoms with E-state index in [0.29, 0.717) is 6.54 Å². The maximum absolute atomic E-state index is 11.8. The number of likely N-dealkylation sites (N-methyl/N-ethyl adjacent to an activating group) is 1. The molecule has 1 rings (SSSR count). The Balaban J connectivity index is 2.27. The van der Waals surface area contributed by atoms with Crippen molar-refractivity contribution >= 4 is 17.4 Å². The van der Waals surface area contributed by atoms with E-state index in [-0.39, 0.29) is 11.4 Å². The summed E-state index contributed by atoms with van der Waals surface area (Å²) in [6, 6.07) is 4.15. The molecule has 0 spiro atoms. The molecule has 0 aromatic carbocycles. The summed E-state index contributed by atoms with van der Waals surface area (Å²) in [6.07, 6.45) is 0.928. The van der Waals surface area contributed by atoms with Gasteiger partial charge < -0.3 is 10.2 Å². The Hall–Kier alpha value is -1.03. The van der Waals surface area contributed by atoms with E-state index in [2.05, 4.69) is 37.5 Å². The van der Waals surface area contributed by atoms with Crippen LogP contribution in [0, 0.1) is 5.41 Å². The molecule has 1 aromatic rings. The Morgan fingerprint density at radius 3 is 2.71 bits per heavy atom. The highest BCUT2D eigenvalue weighted by molar-refractivity contribution is 7.09. The second-order valence-corrected chi connectivity index (χ2v) is 6.50. The standard InChI is InChI=1S/C13H22N2OS/c1-13(2,3)10-14-12(16)15(4)8-7-11-6-5-9-17-11/h5-6,9H,7-8,10H2,1-4H3,(H,14,16). The van der Waals surface area contributed by atoms with Crippen LogP contribution in [0.5, 0.6) is 0 Å². The zero-order valence-corrected chi connectivity index (χ0v) is 11.9. The third-order valence-corrected chi connectivity index (χ3v) is 3.33. The van der Waals surface area contributed by atoms with Crippen molar-refractivity contribution in [1.29, 1.82) is 0 Å². The van der Waals surface area contributed by atoms with Crippen molar-refractivity contribution < 1.29 is 4.79 Å². The molecule has 0 fully saturated rings. The van der Waals surface area contributed by atoms with Gasteiger partial charge in [0, 0.05) is 25.0 Å². The molecule has 1 N–H and O–H groups in total. The molecule has 3 nitrogen and oxygen atoms in total. The van der Waals surface area contributed by atoms with Crippen LogP contribution in [0.25, 0.3) is 0 Å². The van der Waals surface area contributed by atoms with Crippen LogP contribution in [0.3, 0.4) is 0 Å². The van der Waals surface area contributed by atoms with Gasteiger partial charge in [-0.05, 0) is 23.3 Å². The van der Waals surface area contributed by atoms with E-state index in [0.717, 1.165) is 13.0 Å². The predicted molar refractivity (Wildman–Crippen MR) is 73.5 cm³/mol. The van der Waals surface area contributed by atoms with Crippen molar-refractivity contribution in [2.75, 3.05) is 20.1 Å². The van der Waals surface area contributed by atoms with Crippen molar-refractivity contribution in [1.82, 2.24) is 10.2 Å². The molecular weight excluding hydrogens is 232 g/mol. The number of thiophene rings is 1. The van der Waals surface area contributed by atoms with Gasteiger partial charge in [0.15, 0.2) is 0 Å². The summed E-state index contributed by atoms with van der Waals surface area (Å²) in [5.74, 6) is 0.